The molecule has 0 radical (unpaired) electrons. The van der Waals surface area contributed by atoms with E-state index in [1.54, 1.807) is 0 Å². The molecule has 182 valence electrons. The molecule has 0 spiro atoms. The summed E-state index contributed by atoms with van der Waals surface area (Å²) in [6.07, 6.45) is 16.1. The number of aliphatic carboxylic acids is 2. The predicted molar refractivity (Wildman–Crippen MR) is 132 cm³/mol. The van der Waals surface area contributed by atoms with Gasteiger partial charge in [-0.15, -0.1) is 11.8 Å². The number of carbonyl (C=O) groups is 2. The molecule has 32 heavy (non-hydrogen) atoms. The second kappa shape index (κ2) is 20.0. The molecular formula is C26H42O5S. The Kier molecular flexibility index (Phi) is 17.7. The second-order valence-corrected chi connectivity index (χ2v) is 9.52. The van der Waals surface area contributed by atoms with Crippen molar-refractivity contribution in [2.75, 3.05) is 12.4 Å². The number of rotatable bonds is 22. The highest BCUT2D eigenvalue weighted by Crippen LogP contribution is 2.30. The van der Waals surface area contributed by atoms with Gasteiger partial charge in [0.1, 0.15) is 5.75 Å². The Morgan fingerprint density at radius 1 is 0.656 bits per heavy atom. The molecule has 0 aromatic heterocycles. The van der Waals surface area contributed by atoms with E-state index in [0.29, 0.717) is 13.0 Å². The molecule has 0 atom stereocenters. The van der Waals surface area contributed by atoms with Crippen molar-refractivity contribution in [3.8, 4) is 5.75 Å². The van der Waals surface area contributed by atoms with Gasteiger partial charge in [0, 0.05) is 17.7 Å². The third kappa shape index (κ3) is 16.9. The van der Waals surface area contributed by atoms with Gasteiger partial charge >= 0.3 is 11.9 Å². The highest BCUT2D eigenvalue weighted by atomic mass is 32.2. The molecule has 0 saturated heterocycles. The number of ether oxygens (including phenoxy) is 1. The molecule has 0 aliphatic carbocycles. The lowest BCUT2D eigenvalue weighted by molar-refractivity contribution is -0.138. The van der Waals surface area contributed by atoms with E-state index in [-0.39, 0.29) is 6.42 Å². The van der Waals surface area contributed by atoms with Crippen molar-refractivity contribution in [2.45, 2.75) is 108 Å². The van der Waals surface area contributed by atoms with Crippen LogP contribution in [0.3, 0.4) is 0 Å². The predicted octanol–water partition coefficient (Wildman–Crippen LogP) is 7.57. The number of thioether (sulfide) groups is 1. The maximum atomic E-state index is 10.5. The summed E-state index contributed by atoms with van der Waals surface area (Å²) in [7, 11) is 0. The molecule has 0 amide bonds. The van der Waals surface area contributed by atoms with Gasteiger partial charge in [-0.2, -0.15) is 0 Å². The van der Waals surface area contributed by atoms with Crippen molar-refractivity contribution in [3.05, 3.63) is 24.3 Å². The van der Waals surface area contributed by atoms with Crippen LogP contribution in [0.25, 0.3) is 0 Å². The Morgan fingerprint density at radius 3 is 1.69 bits per heavy atom. The minimum Gasteiger partial charge on any atom is -0.492 e. The minimum atomic E-state index is -0.714. The van der Waals surface area contributed by atoms with Crippen molar-refractivity contribution >= 4 is 23.7 Å². The number of unbranched alkanes of at least 4 members (excludes halogenated alkanes) is 12. The smallest absolute Gasteiger partial charge is 0.303 e. The van der Waals surface area contributed by atoms with Crippen LogP contribution in [-0.4, -0.2) is 34.5 Å². The largest absolute Gasteiger partial charge is 0.492 e. The van der Waals surface area contributed by atoms with Crippen molar-refractivity contribution < 1.29 is 24.5 Å². The van der Waals surface area contributed by atoms with Crippen LogP contribution in [0.1, 0.15) is 103 Å². The van der Waals surface area contributed by atoms with Crippen LogP contribution < -0.4 is 4.74 Å². The summed E-state index contributed by atoms with van der Waals surface area (Å²) in [6, 6.07) is 8.24. The van der Waals surface area contributed by atoms with Crippen molar-refractivity contribution in [1.29, 1.82) is 0 Å². The third-order valence-corrected chi connectivity index (χ3v) is 6.58. The van der Waals surface area contributed by atoms with Crippen LogP contribution in [0.5, 0.6) is 5.75 Å². The van der Waals surface area contributed by atoms with E-state index in [4.69, 9.17) is 14.9 Å². The summed E-state index contributed by atoms with van der Waals surface area (Å²) in [6.45, 7) is 0.685. The van der Waals surface area contributed by atoms with E-state index < -0.39 is 11.9 Å². The first-order valence-electron chi connectivity index (χ1n) is 12.4. The summed E-state index contributed by atoms with van der Waals surface area (Å²) >= 11 is 1.87. The van der Waals surface area contributed by atoms with Gasteiger partial charge in [-0.3, -0.25) is 9.59 Å². The van der Waals surface area contributed by atoms with E-state index in [1.807, 2.05) is 23.9 Å². The van der Waals surface area contributed by atoms with E-state index >= 15 is 0 Å². The van der Waals surface area contributed by atoms with Gasteiger partial charge in [-0.1, -0.05) is 76.3 Å². The van der Waals surface area contributed by atoms with Gasteiger partial charge in [0.2, 0.25) is 0 Å². The van der Waals surface area contributed by atoms with Gasteiger partial charge in [-0.25, -0.2) is 0 Å². The van der Waals surface area contributed by atoms with Crippen LogP contribution in [-0.2, 0) is 9.59 Å². The fourth-order valence-corrected chi connectivity index (χ4v) is 4.59. The first-order valence-corrected chi connectivity index (χ1v) is 13.4. The Bertz CT molecular complexity index is 620. The Balaban J connectivity index is 1.99. The quantitative estimate of drug-likeness (QED) is 0.135. The molecule has 0 aliphatic rings. The summed E-state index contributed by atoms with van der Waals surface area (Å²) in [5.74, 6) is 0.681. The van der Waals surface area contributed by atoms with Crippen LogP contribution in [0.4, 0.5) is 0 Å². The summed E-state index contributed by atoms with van der Waals surface area (Å²) in [5.41, 5.74) is 0. The summed E-state index contributed by atoms with van der Waals surface area (Å²) in [5, 5.41) is 17.3. The van der Waals surface area contributed by atoms with Crippen LogP contribution in [0, 0.1) is 0 Å². The van der Waals surface area contributed by atoms with Crippen LogP contribution in [0.15, 0.2) is 29.2 Å². The molecule has 6 heteroatoms. The zero-order valence-electron chi connectivity index (χ0n) is 19.6. The van der Waals surface area contributed by atoms with E-state index in [2.05, 4.69) is 12.1 Å². The Labute approximate surface area is 198 Å². The summed E-state index contributed by atoms with van der Waals surface area (Å²) < 4.78 is 5.97. The number of carboxylic acids is 2. The van der Waals surface area contributed by atoms with Gasteiger partial charge < -0.3 is 14.9 Å². The monoisotopic (exact) mass is 466 g/mol. The Hall–Kier alpha value is -1.69. The minimum absolute atomic E-state index is 0.260. The molecule has 1 aromatic carbocycles. The van der Waals surface area contributed by atoms with Crippen LogP contribution in [0.2, 0.25) is 0 Å². The third-order valence-electron chi connectivity index (χ3n) is 5.43. The number of benzene rings is 1. The molecule has 0 saturated carbocycles. The average molecular weight is 467 g/mol. The van der Waals surface area contributed by atoms with Gasteiger partial charge in [-0.05, 0) is 43.6 Å². The average Bonchev–Trinajstić information content (AvgIpc) is 2.76. The first kappa shape index (κ1) is 28.3. The molecule has 0 heterocycles. The molecule has 0 aliphatic heterocycles. The van der Waals surface area contributed by atoms with E-state index in [9.17, 15) is 9.59 Å². The van der Waals surface area contributed by atoms with Crippen molar-refractivity contribution in [1.82, 2.24) is 0 Å². The number of para-hydroxylation sites is 1. The normalized spacial score (nSPS) is 10.9. The molecule has 0 bridgehead atoms. The van der Waals surface area contributed by atoms with Crippen molar-refractivity contribution in [3.63, 3.8) is 0 Å². The topological polar surface area (TPSA) is 83.8 Å². The molecule has 1 aromatic rings. The maximum Gasteiger partial charge on any atom is 0.303 e. The molecule has 5 nitrogen and oxygen atoms in total. The fourth-order valence-electron chi connectivity index (χ4n) is 3.58. The number of hydrogen-bond donors (Lipinski definition) is 2. The number of carboxylic acid groups (broad SMARTS) is 2. The first-order chi connectivity index (χ1) is 15.6. The molecule has 0 fully saturated rings. The Morgan fingerprint density at radius 2 is 1.12 bits per heavy atom. The van der Waals surface area contributed by atoms with Crippen molar-refractivity contribution in [2.24, 2.45) is 0 Å². The summed E-state index contributed by atoms with van der Waals surface area (Å²) in [4.78, 5) is 22.2. The van der Waals surface area contributed by atoms with E-state index in [0.717, 1.165) is 56.4 Å². The highest BCUT2D eigenvalue weighted by molar-refractivity contribution is 7.99. The van der Waals surface area contributed by atoms with Gasteiger partial charge in [0.05, 0.1) is 6.61 Å². The zero-order chi connectivity index (χ0) is 23.3. The number of hydrogen-bond acceptors (Lipinski definition) is 4. The molecular weight excluding hydrogens is 424 g/mol. The van der Waals surface area contributed by atoms with Gasteiger partial charge in [0.15, 0.2) is 0 Å². The lowest BCUT2D eigenvalue weighted by Crippen LogP contribution is -1.99. The zero-order valence-corrected chi connectivity index (χ0v) is 20.4. The van der Waals surface area contributed by atoms with Gasteiger partial charge in [0.25, 0.3) is 0 Å². The lowest BCUT2D eigenvalue weighted by Gasteiger charge is -2.11. The van der Waals surface area contributed by atoms with Crippen LogP contribution >= 0.6 is 11.8 Å². The molecule has 0 unspecified atom stereocenters. The lowest BCUT2D eigenvalue weighted by atomic mass is 10.1. The van der Waals surface area contributed by atoms with E-state index in [1.165, 1.54) is 49.8 Å². The standard InChI is InChI=1S/C26H42O5S/c27-25(28)19-11-7-5-3-1-2-4-6-10-16-22-32-24-18-14-13-17-23(24)31-21-15-9-8-12-20-26(29)30/h13-14,17-18H,1-12,15-16,19-22H2,(H,27,28)(H,29,30). The highest BCUT2D eigenvalue weighted by Gasteiger charge is 2.04. The SMILES string of the molecule is O=C(O)CCCCCCCCCCCCSc1ccccc1OCCCCCCC(=O)O. The molecule has 2 N–H and O–H groups in total. The fraction of sp³-hybridized carbons (Fsp3) is 0.692. The maximum absolute atomic E-state index is 10.5. The second-order valence-electron chi connectivity index (χ2n) is 8.38. The molecule has 1 rings (SSSR count).